The van der Waals surface area contributed by atoms with Crippen LogP contribution in [0.3, 0.4) is 0 Å². The van der Waals surface area contributed by atoms with E-state index in [4.69, 9.17) is 4.74 Å². The van der Waals surface area contributed by atoms with Gasteiger partial charge in [-0.25, -0.2) is 0 Å². The van der Waals surface area contributed by atoms with Gasteiger partial charge in [0.1, 0.15) is 5.75 Å². The van der Waals surface area contributed by atoms with Crippen LogP contribution in [0.4, 0.5) is 24.5 Å². The molecule has 0 radical (unpaired) electrons. The van der Waals surface area contributed by atoms with Gasteiger partial charge >= 0.3 is 6.18 Å². The summed E-state index contributed by atoms with van der Waals surface area (Å²) < 4.78 is 45.9. The highest BCUT2D eigenvalue weighted by atomic mass is 19.4. The molecule has 0 aromatic heterocycles. The molecule has 2 aromatic carbocycles. The Bertz CT molecular complexity index is 1070. The zero-order valence-electron chi connectivity index (χ0n) is 20.3. The van der Waals surface area contributed by atoms with Crippen LogP contribution in [0.15, 0.2) is 36.4 Å². The third kappa shape index (κ3) is 5.05. The largest absolute Gasteiger partial charge is 0.491 e. The molecule has 8 heteroatoms. The zero-order chi connectivity index (χ0) is 25.4. The topological polar surface area (TPSA) is 58.6 Å². The fraction of sp³-hybridized carbons (Fsp3) is 0.462. The maximum absolute atomic E-state index is 13.6. The normalized spacial score (nSPS) is 18.7. The van der Waals surface area contributed by atoms with E-state index in [1.165, 1.54) is 6.07 Å². The van der Waals surface area contributed by atoms with Crippen molar-refractivity contribution in [3.8, 4) is 5.75 Å². The van der Waals surface area contributed by atoms with Crippen molar-refractivity contribution in [2.75, 3.05) is 16.8 Å². The predicted octanol–water partition coefficient (Wildman–Crippen LogP) is 6.13. The number of anilines is 2. The maximum Gasteiger partial charge on any atom is 0.416 e. The van der Waals surface area contributed by atoms with E-state index in [1.807, 2.05) is 45.9 Å². The lowest BCUT2D eigenvalue weighted by molar-refractivity contribution is -0.137. The number of carbonyl (C=O) groups excluding carboxylic acids is 2. The van der Waals surface area contributed by atoms with Crippen molar-refractivity contribution in [3.63, 3.8) is 0 Å². The van der Waals surface area contributed by atoms with E-state index in [1.54, 1.807) is 18.7 Å². The molecule has 1 saturated heterocycles. The summed E-state index contributed by atoms with van der Waals surface area (Å²) >= 11 is 0. The summed E-state index contributed by atoms with van der Waals surface area (Å²) in [7, 11) is 0. The van der Waals surface area contributed by atoms with Gasteiger partial charge in [0.25, 0.3) is 0 Å². The van der Waals surface area contributed by atoms with Crippen LogP contribution in [-0.4, -0.2) is 24.5 Å². The summed E-state index contributed by atoms with van der Waals surface area (Å²) in [6, 6.07) is 8.89. The Morgan fingerprint density at radius 3 is 2.24 bits per heavy atom. The minimum Gasteiger partial charge on any atom is -0.491 e. The van der Waals surface area contributed by atoms with Crippen LogP contribution in [0.5, 0.6) is 5.75 Å². The number of amides is 2. The van der Waals surface area contributed by atoms with Gasteiger partial charge in [0.15, 0.2) is 0 Å². The van der Waals surface area contributed by atoms with Crippen molar-refractivity contribution in [2.45, 2.75) is 60.2 Å². The fourth-order valence-corrected chi connectivity index (χ4v) is 4.46. The summed E-state index contributed by atoms with van der Waals surface area (Å²) in [5.41, 5.74) is 0.574. The van der Waals surface area contributed by atoms with Crippen molar-refractivity contribution >= 4 is 23.2 Å². The molecule has 0 bridgehead atoms. The monoisotopic (exact) mass is 476 g/mol. The minimum absolute atomic E-state index is 0.0124. The second-order valence-electron chi connectivity index (χ2n) is 9.57. The molecule has 1 aliphatic heterocycles. The van der Waals surface area contributed by atoms with E-state index in [2.05, 4.69) is 5.32 Å². The van der Waals surface area contributed by atoms with Crippen LogP contribution in [0.1, 0.15) is 50.8 Å². The highest BCUT2D eigenvalue weighted by Gasteiger charge is 2.51. The van der Waals surface area contributed by atoms with Crippen molar-refractivity contribution in [1.29, 1.82) is 0 Å². The fourth-order valence-electron chi connectivity index (χ4n) is 4.46. The Balaban J connectivity index is 1.97. The lowest BCUT2D eigenvalue weighted by Gasteiger charge is -2.32. The number of ether oxygens (including phenoxy) is 1. The Hall–Kier alpha value is -3.03. The van der Waals surface area contributed by atoms with E-state index in [9.17, 15) is 22.8 Å². The van der Waals surface area contributed by atoms with Crippen LogP contribution in [0.25, 0.3) is 0 Å². The zero-order valence-corrected chi connectivity index (χ0v) is 20.3. The quantitative estimate of drug-likeness (QED) is 0.546. The third-order valence-corrected chi connectivity index (χ3v) is 6.34. The third-order valence-electron chi connectivity index (χ3n) is 6.34. The van der Waals surface area contributed by atoms with Crippen LogP contribution < -0.4 is 15.0 Å². The molecule has 5 nitrogen and oxygen atoms in total. The number of nitrogens with one attached hydrogen (secondary N) is 1. The highest BCUT2D eigenvalue weighted by Crippen LogP contribution is 2.43. The molecule has 3 rings (SSSR count). The van der Waals surface area contributed by atoms with Gasteiger partial charge in [0.05, 0.1) is 17.1 Å². The first-order valence-electron chi connectivity index (χ1n) is 11.3. The summed E-state index contributed by atoms with van der Waals surface area (Å²) in [6.45, 7) is 11.1. The number of alkyl halides is 3. The maximum atomic E-state index is 13.6. The van der Waals surface area contributed by atoms with Gasteiger partial charge in [-0.15, -0.1) is 0 Å². The van der Waals surface area contributed by atoms with Crippen molar-refractivity contribution < 1.29 is 27.5 Å². The number of rotatable bonds is 6. The van der Waals surface area contributed by atoms with Gasteiger partial charge in [-0.1, -0.05) is 32.0 Å². The highest BCUT2D eigenvalue weighted by molar-refractivity contribution is 6.06. The molecule has 1 unspecified atom stereocenters. The van der Waals surface area contributed by atoms with Crippen LogP contribution >= 0.6 is 0 Å². The summed E-state index contributed by atoms with van der Waals surface area (Å²) in [4.78, 5) is 28.3. The molecule has 2 amide bonds. The van der Waals surface area contributed by atoms with Crippen LogP contribution in [-0.2, 0) is 15.8 Å². The van der Waals surface area contributed by atoms with E-state index in [0.29, 0.717) is 0 Å². The van der Waals surface area contributed by atoms with Crippen molar-refractivity contribution in [2.24, 2.45) is 11.3 Å². The molecule has 184 valence electrons. The first-order valence-corrected chi connectivity index (χ1v) is 11.3. The Morgan fingerprint density at radius 2 is 1.71 bits per heavy atom. The number of halogens is 3. The summed E-state index contributed by atoms with van der Waals surface area (Å²) in [5, 5.41) is 2.66. The smallest absolute Gasteiger partial charge is 0.416 e. The second kappa shape index (κ2) is 9.31. The lowest BCUT2D eigenvalue weighted by atomic mass is 9.75. The van der Waals surface area contributed by atoms with Crippen LogP contribution in [0.2, 0.25) is 0 Å². The van der Waals surface area contributed by atoms with Crippen molar-refractivity contribution in [3.05, 3.63) is 53.1 Å². The predicted molar refractivity (Wildman–Crippen MR) is 126 cm³/mol. The lowest BCUT2D eigenvalue weighted by Crippen LogP contribution is -2.43. The van der Waals surface area contributed by atoms with E-state index < -0.39 is 23.1 Å². The van der Waals surface area contributed by atoms with Gasteiger partial charge in [-0.05, 0) is 56.9 Å². The molecule has 34 heavy (non-hydrogen) atoms. The number of hydrogen-bond donors (Lipinski definition) is 1. The molecule has 0 saturated carbocycles. The average molecular weight is 477 g/mol. The molecular formula is C26H31F3N2O3. The second-order valence-corrected chi connectivity index (χ2v) is 9.57. The number of para-hydroxylation sites is 1. The first kappa shape index (κ1) is 25.6. The molecule has 1 aliphatic rings. The number of hydrogen-bond acceptors (Lipinski definition) is 3. The standard InChI is InChI=1S/C26H31F3N2O3/c1-15(2)25(13-22(32)31(14-25)23-17(5)8-7-9-18(23)6)24(33)30-20-10-19(26(27,28)29)11-21(12-20)34-16(3)4/h7-12,15-16H,13-14H2,1-6H3,(H,30,33). The van der Waals surface area contributed by atoms with Gasteiger partial charge in [-0.2, -0.15) is 13.2 Å². The molecule has 1 N–H and O–H groups in total. The molecule has 2 aromatic rings. The van der Waals surface area contributed by atoms with Gasteiger partial charge in [0.2, 0.25) is 11.8 Å². The molecule has 1 fully saturated rings. The summed E-state index contributed by atoms with van der Waals surface area (Å²) in [5.74, 6) is -0.894. The molecule has 0 spiro atoms. The first-order chi connectivity index (χ1) is 15.7. The number of aryl methyl sites for hydroxylation is 2. The van der Waals surface area contributed by atoms with Gasteiger partial charge < -0.3 is 15.0 Å². The van der Waals surface area contributed by atoms with E-state index in [-0.39, 0.29) is 42.3 Å². The van der Waals surface area contributed by atoms with Crippen molar-refractivity contribution in [1.82, 2.24) is 0 Å². The molecule has 1 atom stereocenters. The van der Waals surface area contributed by atoms with E-state index in [0.717, 1.165) is 28.9 Å². The average Bonchev–Trinajstić information content (AvgIpc) is 3.05. The number of nitrogens with zero attached hydrogens (tertiary/aromatic N) is 1. The molecule has 1 heterocycles. The van der Waals surface area contributed by atoms with E-state index >= 15 is 0 Å². The molecule has 0 aliphatic carbocycles. The van der Waals surface area contributed by atoms with Crippen LogP contribution in [0, 0.1) is 25.2 Å². The number of carbonyl (C=O) groups is 2. The Kier molecular flexibility index (Phi) is 7.01. The number of benzene rings is 2. The minimum atomic E-state index is -4.60. The van der Waals surface area contributed by atoms with Gasteiger partial charge in [0, 0.05) is 30.4 Å². The Morgan fingerprint density at radius 1 is 1.09 bits per heavy atom. The van der Waals surface area contributed by atoms with Gasteiger partial charge in [-0.3, -0.25) is 9.59 Å². The Labute approximate surface area is 198 Å². The SMILES string of the molecule is Cc1cccc(C)c1N1CC(C(=O)Nc2cc(OC(C)C)cc(C(F)(F)F)c2)(C(C)C)CC1=O. The summed E-state index contributed by atoms with van der Waals surface area (Å²) in [6.07, 6.45) is -4.97. The molecular weight excluding hydrogens is 445 g/mol.